The number of hydrogen-bond donors (Lipinski definition) is 2. The van der Waals surface area contributed by atoms with E-state index in [0.29, 0.717) is 12.5 Å². The van der Waals surface area contributed by atoms with Crippen LogP contribution in [0.2, 0.25) is 0 Å². The van der Waals surface area contributed by atoms with Gasteiger partial charge < -0.3 is 10.0 Å². The number of aromatic carboxylic acids is 1. The number of carboxylic acid groups (broad SMARTS) is 1. The number of nitrogens with one attached hydrogen (secondary N) is 1. The highest BCUT2D eigenvalue weighted by atomic mass is 16.4. The van der Waals surface area contributed by atoms with E-state index in [9.17, 15) is 14.4 Å². The topological polar surface area (TPSA) is 95.4 Å². The van der Waals surface area contributed by atoms with Crippen molar-refractivity contribution in [3.05, 3.63) is 32.6 Å². The molecule has 1 fully saturated rings. The Morgan fingerprint density at radius 3 is 2.89 bits per heavy atom. The zero-order chi connectivity index (χ0) is 14.0. The summed E-state index contributed by atoms with van der Waals surface area (Å²) in [4.78, 5) is 38.1. The molecular weight excluding hydrogens is 250 g/mol. The number of rotatable bonds is 3. The van der Waals surface area contributed by atoms with Crippen LogP contribution < -0.4 is 11.2 Å². The van der Waals surface area contributed by atoms with Crippen molar-refractivity contribution in [2.45, 2.75) is 19.4 Å². The summed E-state index contributed by atoms with van der Waals surface area (Å²) in [6.45, 7) is 2.34. The second-order valence-electron chi connectivity index (χ2n) is 5.03. The van der Waals surface area contributed by atoms with Gasteiger partial charge in [-0.1, -0.05) is 0 Å². The van der Waals surface area contributed by atoms with Gasteiger partial charge in [0, 0.05) is 19.3 Å². The second-order valence-corrected chi connectivity index (χ2v) is 5.03. The van der Waals surface area contributed by atoms with Gasteiger partial charge in [-0.25, -0.2) is 9.59 Å². The molecule has 0 bridgehead atoms. The van der Waals surface area contributed by atoms with Crippen molar-refractivity contribution in [1.29, 1.82) is 0 Å². The minimum Gasteiger partial charge on any atom is -0.477 e. The molecule has 0 spiro atoms. The standard InChI is InChI=1S/C12H17N3O4/c1-14-4-2-3-8(5-14)6-15-7-9(11(17)18)10(16)13-12(15)19/h7-8H,2-6H2,1H3,(H,17,18)(H,13,16,19). The van der Waals surface area contributed by atoms with E-state index in [2.05, 4.69) is 4.90 Å². The van der Waals surface area contributed by atoms with Crippen molar-refractivity contribution in [2.24, 2.45) is 5.92 Å². The van der Waals surface area contributed by atoms with Crippen molar-refractivity contribution in [1.82, 2.24) is 14.5 Å². The SMILES string of the molecule is CN1CCCC(Cn2cc(C(=O)O)c(=O)[nH]c2=O)C1. The Bertz CT molecular complexity index is 589. The Kier molecular flexibility index (Phi) is 3.84. The molecule has 0 amide bonds. The van der Waals surface area contributed by atoms with E-state index >= 15 is 0 Å². The number of aromatic amines is 1. The van der Waals surface area contributed by atoms with Gasteiger partial charge in [0.05, 0.1) is 0 Å². The van der Waals surface area contributed by atoms with Crippen LogP contribution in [0.5, 0.6) is 0 Å². The normalized spacial score (nSPS) is 20.4. The lowest BCUT2D eigenvalue weighted by molar-refractivity contribution is 0.0693. The molecule has 1 aliphatic rings. The van der Waals surface area contributed by atoms with Crippen molar-refractivity contribution in [2.75, 3.05) is 20.1 Å². The molecule has 0 radical (unpaired) electrons. The molecule has 7 heteroatoms. The molecule has 0 aliphatic carbocycles. The predicted molar refractivity (Wildman–Crippen MR) is 68.5 cm³/mol. The van der Waals surface area contributed by atoms with Gasteiger partial charge in [0.15, 0.2) is 0 Å². The molecule has 19 heavy (non-hydrogen) atoms. The van der Waals surface area contributed by atoms with Crippen molar-refractivity contribution in [3.8, 4) is 0 Å². The van der Waals surface area contributed by atoms with E-state index in [0.717, 1.165) is 32.1 Å². The first-order valence-corrected chi connectivity index (χ1v) is 6.23. The lowest BCUT2D eigenvalue weighted by Gasteiger charge is -2.29. The first-order chi connectivity index (χ1) is 8.97. The Balaban J connectivity index is 2.25. The maximum atomic E-state index is 11.7. The van der Waals surface area contributed by atoms with E-state index in [-0.39, 0.29) is 0 Å². The highest BCUT2D eigenvalue weighted by molar-refractivity contribution is 5.86. The molecule has 7 nitrogen and oxygen atoms in total. The molecule has 104 valence electrons. The number of aromatic nitrogens is 2. The molecule has 1 saturated heterocycles. The van der Waals surface area contributed by atoms with Crippen LogP contribution >= 0.6 is 0 Å². The fourth-order valence-corrected chi connectivity index (χ4v) is 2.50. The summed E-state index contributed by atoms with van der Waals surface area (Å²) >= 11 is 0. The third kappa shape index (κ3) is 3.11. The number of H-pyrrole nitrogens is 1. The van der Waals surface area contributed by atoms with E-state index in [1.165, 1.54) is 4.57 Å². The van der Waals surface area contributed by atoms with Gasteiger partial charge in [-0.05, 0) is 32.4 Å². The number of hydrogen-bond acceptors (Lipinski definition) is 4. The van der Waals surface area contributed by atoms with Crippen LogP contribution in [-0.4, -0.2) is 45.7 Å². The Morgan fingerprint density at radius 1 is 1.53 bits per heavy atom. The summed E-state index contributed by atoms with van der Waals surface area (Å²) in [5.74, 6) is -1.03. The summed E-state index contributed by atoms with van der Waals surface area (Å²) in [5.41, 5.74) is -1.80. The van der Waals surface area contributed by atoms with Gasteiger partial charge in [0.1, 0.15) is 5.56 Å². The number of carboxylic acids is 1. The minimum atomic E-state index is -1.32. The quantitative estimate of drug-likeness (QED) is 0.775. The third-order valence-corrected chi connectivity index (χ3v) is 3.42. The lowest BCUT2D eigenvalue weighted by atomic mass is 9.98. The minimum absolute atomic E-state index is 0.295. The van der Waals surface area contributed by atoms with Gasteiger partial charge in [-0.2, -0.15) is 0 Å². The molecule has 1 aromatic heterocycles. The van der Waals surface area contributed by atoms with Gasteiger partial charge in [0.2, 0.25) is 0 Å². The van der Waals surface area contributed by atoms with Crippen molar-refractivity contribution in [3.63, 3.8) is 0 Å². The fraction of sp³-hybridized carbons (Fsp3) is 0.583. The van der Waals surface area contributed by atoms with Crippen LogP contribution in [-0.2, 0) is 6.54 Å². The number of piperidine rings is 1. The summed E-state index contributed by atoms with van der Waals surface area (Å²) < 4.78 is 1.29. The molecule has 1 atom stereocenters. The Labute approximate surface area is 109 Å². The van der Waals surface area contributed by atoms with Crippen LogP contribution in [0.25, 0.3) is 0 Å². The van der Waals surface area contributed by atoms with E-state index in [1.54, 1.807) is 0 Å². The van der Waals surface area contributed by atoms with E-state index in [1.807, 2.05) is 12.0 Å². The molecule has 2 N–H and O–H groups in total. The summed E-state index contributed by atoms with van der Waals surface area (Å²) in [6.07, 6.45) is 3.20. The van der Waals surface area contributed by atoms with Gasteiger partial charge in [0.25, 0.3) is 5.56 Å². The van der Waals surface area contributed by atoms with E-state index < -0.39 is 22.8 Å². The Hall–Kier alpha value is -1.89. The second kappa shape index (κ2) is 5.40. The van der Waals surface area contributed by atoms with Crippen LogP contribution in [0.15, 0.2) is 15.8 Å². The smallest absolute Gasteiger partial charge is 0.342 e. The van der Waals surface area contributed by atoms with Gasteiger partial charge >= 0.3 is 11.7 Å². The molecule has 1 aromatic rings. The van der Waals surface area contributed by atoms with Crippen LogP contribution in [0.4, 0.5) is 0 Å². The monoisotopic (exact) mass is 267 g/mol. The summed E-state index contributed by atoms with van der Waals surface area (Å²) in [6, 6.07) is 0. The molecule has 1 aliphatic heterocycles. The number of nitrogens with zero attached hydrogens (tertiary/aromatic N) is 2. The van der Waals surface area contributed by atoms with Crippen LogP contribution in [0, 0.1) is 5.92 Å². The van der Waals surface area contributed by atoms with Crippen molar-refractivity contribution >= 4 is 5.97 Å². The van der Waals surface area contributed by atoms with Crippen molar-refractivity contribution < 1.29 is 9.90 Å². The average Bonchev–Trinajstić information content (AvgIpc) is 2.32. The zero-order valence-electron chi connectivity index (χ0n) is 10.8. The zero-order valence-corrected chi connectivity index (χ0v) is 10.8. The maximum Gasteiger partial charge on any atom is 0.342 e. The highest BCUT2D eigenvalue weighted by Crippen LogP contribution is 2.16. The average molecular weight is 267 g/mol. The predicted octanol–water partition coefficient (Wildman–Crippen LogP) is -0.423. The molecule has 2 heterocycles. The Morgan fingerprint density at radius 2 is 2.26 bits per heavy atom. The molecule has 0 aromatic carbocycles. The maximum absolute atomic E-state index is 11.7. The third-order valence-electron chi connectivity index (χ3n) is 3.42. The molecular formula is C12H17N3O4. The number of carbonyl (C=O) groups is 1. The molecule has 1 unspecified atom stereocenters. The van der Waals surface area contributed by atoms with Crippen LogP contribution in [0.3, 0.4) is 0 Å². The van der Waals surface area contributed by atoms with Crippen LogP contribution in [0.1, 0.15) is 23.2 Å². The first-order valence-electron chi connectivity index (χ1n) is 6.23. The fourth-order valence-electron chi connectivity index (χ4n) is 2.50. The summed E-state index contributed by atoms with van der Waals surface area (Å²) in [7, 11) is 2.02. The molecule has 2 rings (SSSR count). The summed E-state index contributed by atoms with van der Waals surface area (Å²) in [5, 5.41) is 8.89. The van der Waals surface area contributed by atoms with Gasteiger partial charge in [-0.15, -0.1) is 0 Å². The first kappa shape index (κ1) is 13.5. The number of likely N-dealkylation sites (tertiary alicyclic amines) is 1. The van der Waals surface area contributed by atoms with Gasteiger partial charge in [-0.3, -0.25) is 14.3 Å². The van der Waals surface area contributed by atoms with E-state index in [4.69, 9.17) is 5.11 Å². The molecule has 0 saturated carbocycles. The lowest BCUT2D eigenvalue weighted by Crippen LogP contribution is -2.39. The largest absolute Gasteiger partial charge is 0.477 e. The highest BCUT2D eigenvalue weighted by Gasteiger charge is 2.19.